The second kappa shape index (κ2) is 10.3. The summed E-state index contributed by atoms with van der Waals surface area (Å²) < 4.78 is 6.01. The molecule has 2 heterocycles. The van der Waals surface area contributed by atoms with E-state index in [-0.39, 0.29) is 18.2 Å². The molecular weight excluding hydrogens is 496 g/mol. The van der Waals surface area contributed by atoms with E-state index in [1.165, 1.54) is 6.26 Å². The minimum atomic E-state index is -0.211. The Labute approximate surface area is 232 Å². The monoisotopic (exact) mass is 528 g/mol. The predicted octanol–water partition coefficient (Wildman–Crippen LogP) is 7.08. The van der Waals surface area contributed by atoms with Gasteiger partial charge in [0.15, 0.2) is 0 Å². The normalized spacial score (nSPS) is 13.8. The molecule has 0 aliphatic heterocycles. The molecule has 2 unspecified atom stereocenters. The second-order valence-corrected chi connectivity index (χ2v) is 10.3. The second-order valence-electron chi connectivity index (χ2n) is 10.3. The highest BCUT2D eigenvalue weighted by Crippen LogP contribution is 2.27. The number of hydrogen-bond acceptors (Lipinski definition) is 7. The van der Waals surface area contributed by atoms with E-state index in [1.807, 2.05) is 36.4 Å². The molecule has 0 radical (unpaired) electrons. The van der Waals surface area contributed by atoms with Gasteiger partial charge in [-0.15, -0.1) is 0 Å². The van der Waals surface area contributed by atoms with Crippen molar-refractivity contribution in [1.29, 1.82) is 0 Å². The van der Waals surface area contributed by atoms with Crippen LogP contribution in [0.15, 0.2) is 97.8 Å². The summed E-state index contributed by atoms with van der Waals surface area (Å²) in [6.07, 6.45) is 1.29. The average Bonchev–Trinajstić information content (AvgIpc) is 2.93. The van der Waals surface area contributed by atoms with Crippen LogP contribution in [0.2, 0.25) is 0 Å². The SMILES string of the molecule is C=COC(C(C)Nc1ccc2cc3ccc(N)cc3nc2c1)C(C)Nc1ccc2cc3ccc(N)cc3nc2c1. The molecule has 0 fully saturated rings. The van der Waals surface area contributed by atoms with Gasteiger partial charge in [0.25, 0.3) is 0 Å². The molecule has 4 aromatic carbocycles. The van der Waals surface area contributed by atoms with Gasteiger partial charge in [0, 0.05) is 44.3 Å². The predicted molar refractivity (Wildman–Crippen MR) is 169 cm³/mol. The molecule has 0 bridgehead atoms. The van der Waals surface area contributed by atoms with E-state index < -0.39 is 0 Å². The lowest BCUT2D eigenvalue weighted by Crippen LogP contribution is -2.43. The summed E-state index contributed by atoms with van der Waals surface area (Å²) in [6, 6.07) is 28.2. The van der Waals surface area contributed by atoms with Gasteiger partial charge in [-0.25, -0.2) is 9.97 Å². The molecule has 6 rings (SSSR count). The largest absolute Gasteiger partial charge is 0.494 e. The molecular formula is C33H32N6O. The number of rotatable bonds is 8. The fraction of sp³-hybridized carbons (Fsp3) is 0.152. The molecule has 6 aromatic rings. The Morgan fingerprint density at radius 2 is 1.02 bits per heavy atom. The standard InChI is InChI=1S/C33H32N6O/c1-4-40-33(19(2)36-27-11-7-23-13-21-5-9-25(34)15-29(21)38-31(23)17-27)20(3)37-28-12-8-24-14-22-6-10-26(35)16-30(22)39-32(24)18-28/h4-20,33,36-37H,1,34-35H2,2-3H3. The number of nitrogen functional groups attached to an aromatic ring is 2. The maximum Gasteiger partial charge on any atom is 0.137 e. The molecule has 0 amide bonds. The van der Waals surface area contributed by atoms with Gasteiger partial charge in [-0.3, -0.25) is 0 Å². The summed E-state index contributed by atoms with van der Waals surface area (Å²) in [5, 5.41) is 11.5. The van der Waals surface area contributed by atoms with Crippen LogP contribution in [0.4, 0.5) is 22.7 Å². The molecule has 0 aliphatic carbocycles. The first-order valence-electron chi connectivity index (χ1n) is 13.4. The van der Waals surface area contributed by atoms with Crippen LogP contribution < -0.4 is 22.1 Å². The van der Waals surface area contributed by atoms with Gasteiger partial charge in [0.1, 0.15) is 6.10 Å². The molecule has 0 aliphatic rings. The molecule has 40 heavy (non-hydrogen) atoms. The fourth-order valence-corrected chi connectivity index (χ4v) is 5.33. The highest BCUT2D eigenvalue weighted by atomic mass is 16.5. The van der Waals surface area contributed by atoms with Crippen LogP contribution in [-0.4, -0.2) is 28.2 Å². The lowest BCUT2D eigenvalue weighted by molar-refractivity contribution is 0.117. The fourth-order valence-electron chi connectivity index (χ4n) is 5.33. The van der Waals surface area contributed by atoms with Crippen molar-refractivity contribution in [3.63, 3.8) is 0 Å². The molecule has 7 heteroatoms. The van der Waals surface area contributed by atoms with Crippen LogP contribution in [0.1, 0.15) is 13.8 Å². The Hall–Kier alpha value is -5.04. The van der Waals surface area contributed by atoms with Crippen LogP contribution in [0.25, 0.3) is 43.6 Å². The zero-order valence-electron chi connectivity index (χ0n) is 22.6. The number of hydrogen-bond donors (Lipinski definition) is 4. The number of nitrogens with zero attached hydrogens (tertiary/aromatic N) is 2. The zero-order valence-corrected chi connectivity index (χ0v) is 22.6. The highest BCUT2D eigenvalue weighted by Gasteiger charge is 2.25. The van der Waals surface area contributed by atoms with E-state index in [0.29, 0.717) is 11.4 Å². The molecule has 200 valence electrons. The van der Waals surface area contributed by atoms with Crippen molar-refractivity contribution < 1.29 is 4.74 Å². The quantitative estimate of drug-likeness (QED) is 0.0948. The van der Waals surface area contributed by atoms with Gasteiger partial charge < -0.3 is 26.8 Å². The lowest BCUT2D eigenvalue weighted by Gasteiger charge is -2.31. The van der Waals surface area contributed by atoms with Crippen LogP contribution in [-0.2, 0) is 4.74 Å². The van der Waals surface area contributed by atoms with Gasteiger partial charge >= 0.3 is 0 Å². The van der Waals surface area contributed by atoms with Crippen LogP contribution in [0, 0.1) is 0 Å². The molecule has 0 saturated heterocycles. The Bertz CT molecular complexity index is 1750. The van der Waals surface area contributed by atoms with E-state index in [0.717, 1.165) is 55.0 Å². The average molecular weight is 529 g/mol. The van der Waals surface area contributed by atoms with E-state index in [9.17, 15) is 0 Å². The van der Waals surface area contributed by atoms with Gasteiger partial charge in [0.2, 0.25) is 0 Å². The number of pyridine rings is 2. The van der Waals surface area contributed by atoms with Crippen LogP contribution in [0.5, 0.6) is 0 Å². The third kappa shape index (κ3) is 5.01. The Morgan fingerprint density at radius 1 is 0.625 bits per heavy atom. The molecule has 0 spiro atoms. The number of nitrogens with two attached hydrogens (primary N) is 2. The first-order chi connectivity index (χ1) is 19.4. The maximum absolute atomic E-state index is 6.01. The van der Waals surface area contributed by atoms with Gasteiger partial charge in [-0.05, 0) is 74.5 Å². The first kappa shape index (κ1) is 25.2. The van der Waals surface area contributed by atoms with Gasteiger partial charge in [-0.1, -0.05) is 30.8 Å². The third-order valence-electron chi connectivity index (χ3n) is 7.30. The zero-order chi connectivity index (χ0) is 27.8. The number of nitrogens with one attached hydrogen (secondary N) is 2. The first-order valence-corrected chi connectivity index (χ1v) is 13.4. The van der Waals surface area contributed by atoms with E-state index in [1.54, 1.807) is 0 Å². The van der Waals surface area contributed by atoms with Gasteiger partial charge in [0.05, 0.1) is 40.4 Å². The minimum absolute atomic E-state index is 0.0421. The maximum atomic E-state index is 6.01. The minimum Gasteiger partial charge on any atom is -0.494 e. The summed E-state index contributed by atoms with van der Waals surface area (Å²) in [4.78, 5) is 9.67. The summed E-state index contributed by atoms with van der Waals surface area (Å²) in [7, 11) is 0. The summed E-state index contributed by atoms with van der Waals surface area (Å²) in [6.45, 7) is 8.02. The van der Waals surface area contributed by atoms with E-state index in [4.69, 9.17) is 26.2 Å². The number of ether oxygens (including phenoxy) is 1. The Kier molecular flexibility index (Phi) is 6.48. The van der Waals surface area contributed by atoms with Crippen molar-refractivity contribution in [2.75, 3.05) is 22.1 Å². The van der Waals surface area contributed by atoms with E-state index in [2.05, 4.69) is 79.6 Å². The molecule has 6 N–H and O–H groups in total. The topological polar surface area (TPSA) is 111 Å². The van der Waals surface area contributed by atoms with Crippen LogP contribution >= 0.6 is 0 Å². The third-order valence-corrected chi connectivity index (χ3v) is 7.30. The molecule has 2 aromatic heterocycles. The molecule has 0 saturated carbocycles. The molecule has 7 nitrogen and oxygen atoms in total. The van der Waals surface area contributed by atoms with Crippen LogP contribution in [0.3, 0.4) is 0 Å². The number of anilines is 4. The summed E-state index contributed by atoms with van der Waals surface area (Å²) >= 11 is 0. The van der Waals surface area contributed by atoms with Gasteiger partial charge in [-0.2, -0.15) is 0 Å². The van der Waals surface area contributed by atoms with Crippen molar-refractivity contribution >= 4 is 66.4 Å². The summed E-state index contributed by atoms with van der Waals surface area (Å²) in [5.41, 5.74) is 18.8. The smallest absolute Gasteiger partial charge is 0.137 e. The number of aromatic nitrogens is 2. The number of benzene rings is 4. The van der Waals surface area contributed by atoms with Crippen molar-refractivity contribution in [3.05, 3.63) is 97.8 Å². The lowest BCUT2D eigenvalue weighted by atomic mass is 10.0. The summed E-state index contributed by atoms with van der Waals surface area (Å²) in [5.74, 6) is 0. The highest BCUT2D eigenvalue weighted by molar-refractivity contribution is 5.96. The van der Waals surface area contributed by atoms with Crippen molar-refractivity contribution in [2.24, 2.45) is 0 Å². The van der Waals surface area contributed by atoms with Crippen molar-refractivity contribution in [3.8, 4) is 0 Å². The Morgan fingerprint density at radius 3 is 1.45 bits per heavy atom. The Balaban J connectivity index is 1.22. The van der Waals surface area contributed by atoms with E-state index >= 15 is 0 Å². The molecule has 2 atom stereocenters. The number of fused-ring (bicyclic) bond motifs is 4. The van der Waals surface area contributed by atoms with Crippen molar-refractivity contribution in [2.45, 2.75) is 32.0 Å². The van der Waals surface area contributed by atoms with Crippen molar-refractivity contribution in [1.82, 2.24) is 9.97 Å².